The molecule has 0 radical (unpaired) electrons. The highest BCUT2D eigenvalue weighted by Gasteiger charge is 2.25. The standard InChI is InChI=1S/C15H29NO3S/c1-7-15(8-2,20-6)11-16-12(17)9-10-13(18)19-14(3,4)5/h7-11H2,1-6H3,(H,16,17). The highest BCUT2D eigenvalue weighted by atomic mass is 32.2. The van der Waals surface area contributed by atoms with Crippen LogP contribution in [0.15, 0.2) is 0 Å². The number of esters is 1. The highest BCUT2D eigenvalue weighted by molar-refractivity contribution is 8.00. The van der Waals surface area contributed by atoms with Crippen molar-refractivity contribution >= 4 is 23.6 Å². The minimum absolute atomic E-state index is 0.0869. The van der Waals surface area contributed by atoms with E-state index in [2.05, 4.69) is 25.4 Å². The molecule has 0 atom stereocenters. The predicted molar refractivity (Wildman–Crippen MR) is 84.9 cm³/mol. The number of carbonyl (C=O) groups is 2. The van der Waals surface area contributed by atoms with Crippen molar-refractivity contribution in [2.24, 2.45) is 0 Å². The third kappa shape index (κ3) is 7.78. The van der Waals surface area contributed by atoms with Crippen LogP contribution >= 0.6 is 11.8 Å². The molecule has 20 heavy (non-hydrogen) atoms. The molecule has 118 valence electrons. The molecule has 0 saturated heterocycles. The second-order valence-corrected chi connectivity index (χ2v) is 7.23. The second kappa shape index (κ2) is 8.55. The van der Waals surface area contributed by atoms with Crippen LogP contribution in [0.25, 0.3) is 0 Å². The van der Waals surface area contributed by atoms with Crippen LogP contribution in [0.3, 0.4) is 0 Å². The second-order valence-electron chi connectivity index (χ2n) is 5.96. The van der Waals surface area contributed by atoms with Crippen molar-refractivity contribution < 1.29 is 14.3 Å². The quantitative estimate of drug-likeness (QED) is 0.700. The third-order valence-electron chi connectivity index (χ3n) is 3.31. The Morgan fingerprint density at radius 2 is 1.65 bits per heavy atom. The summed E-state index contributed by atoms with van der Waals surface area (Å²) in [5.74, 6) is -0.411. The molecular formula is C15H29NO3S. The lowest BCUT2D eigenvalue weighted by molar-refractivity contribution is -0.155. The summed E-state index contributed by atoms with van der Waals surface area (Å²) in [4.78, 5) is 23.3. The molecule has 4 nitrogen and oxygen atoms in total. The maximum atomic E-state index is 11.8. The summed E-state index contributed by atoms with van der Waals surface area (Å²) >= 11 is 1.79. The zero-order chi connectivity index (χ0) is 15.8. The van der Waals surface area contributed by atoms with Crippen LogP contribution in [0.1, 0.15) is 60.3 Å². The average molecular weight is 303 g/mol. The minimum atomic E-state index is -0.494. The van der Waals surface area contributed by atoms with Gasteiger partial charge in [-0.2, -0.15) is 11.8 Å². The van der Waals surface area contributed by atoms with E-state index in [-0.39, 0.29) is 29.5 Å². The van der Waals surface area contributed by atoms with Crippen molar-refractivity contribution in [1.29, 1.82) is 0 Å². The fraction of sp³-hybridized carbons (Fsp3) is 0.867. The Kier molecular flexibility index (Phi) is 8.25. The van der Waals surface area contributed by atoms with Crippen LogP contribution in [0, 0.1) is 0 Å². The highest BCUT2D eigenvalue weighted by Crippen LogP contribution is 2.29. The average Bonchev–Trinajstić information content (AvgIpc) is 2.37. The van der Waals surface area contributed by atoms with Crippen molar-refractivity contribution in [2.45, 2.75) is 70.7 Å². The van der Waals surface area contributed by atoms with Crippen molar-refractivity contribution in [2.75, 3.05) is 12.8 Å². The fourth-order valence-electron chi connectivity index (χ4n) is 1.82. The van der Waals surface area contributed by atoms with Gasteiger partial charge in [0.2, 0.25) is 5.91 Å². The zero-order valence-corrected chi connectivity index (χ0v) is 14.5. The van der Waals surface area contributed by atoms with Gasteiger partial charge in [-0.05, 0) is 39.9 Å². The molecular weight excluding hydrogens is 274 g/mol. The van der Waals surface area contributed by atoms with Gasteiger partial charge in [-0.3, -0.25) is 9.59 Å². The molecule has 0 aliphatic rings. The Labute approximate surface area is 127 Å². The van der Waals surface area contributed by atoms with Gasteiger partial charge in [-0.15, -0.1) is 0 Å². The van der Waals surface area contributed by atoms with Gasteiger partial charge in [0.15, 0.2) is 0 Å². The van der Waals surface area contributed by atoms with Crippen LogP contribution in [0.2, 0.25) is 0 Å². The Bertz CT molecular complexity index is 311. The Hall–Kier alpha value is -0.710. The number of hydrogen-bond acceptors (Lipinski definition) is 4. The van der Waals surface area contributed by atoms with E-state index in [4.69, 9.17) is 4.74 Å². The van der Waals surface area contributed by atoms with Crippen LogP contribution in [0.5, 0.6) is 0 Å². The van der Waals surface area contributed by atoms with Gasteiger partial charge in [-0.25, -0.2) is 0 Å². The lowest BCUT2D eigenvalue weighted by atomic mass is 10.0. The zero-order valence-electron chi connectivity index (χ0n) is 13.7. The van der Waals surface area contributed by atoms with Gasteiger partial charge < -0.3 is 10.1 Å². The van der Waals surface area contributed by atoms with Crippen LogP contribution < -0.4 is 5.32 Å². The smallest absolute Gasteiger partial charge is 0.306 e. The van der Waals surface area contributed by atoms with E-state index >= 15 is 0 Å². The number of hydrogen-bond donors (Lipinski definition) is 1. The molecule has 0 saturated carbocycles. The first kappa shape index (κ1) is 19.3. The van der Waals surface area contributed by atoms with Gasteiger partial charge in [0.25, 0.3) is 0 Å². The van der Waals surface area contributed by atoms with Gasteiger partial charge in [0.1, 0.15) is 5.60 Å². The van der Waals surface area contributed by atoms with E-state index in [1.807, 2.05) is 20.8 Å². The van der Waals surface area contributed by atoms with E-state index in [0.29, 0.717) is 6.54 Å². The van der Waals surface area contributed by atoms with E-state index in [0.717, 1.165) is 12.8 Å². The molecule has 0 aliphatic heterocycles. The Morgan fingerprint density at radius 1 is 1.10 bits per heavy atom. The van der Waals surface area contributed by atoms with E-state index in [1.54, 1.807) is 11.8 Å². The van der Waals surface area contributed by atoms with Crippen LogP contribution in [-0.4, -0.2) is 35.0 Å². The van der Waals surface area contributed by atoms with Crippen molar-refractivity contribution in [3.8, 4) is 0 Å². The summed E-state index contributed by atoms with van der Waals surface area (Å²) in [6.07, 6.45) is 4.41. The number of rotatable bonds is 8. The van der Waals surface area contributed by atoms with Crippen molar-refractivity contribution in [1.82, 2.24) is 5.32 Å². The molecule has 0 fully saturated rings. The maximum absolute atomic E-state index is 11.8. The molecule has 0 unspecified atom stereocenters. The monoisotopic (exact) mass is 303 g/mol. The summed E-state index contributed by atoms with van der Waals surface area (Å²) in [5, 5.41) is 2.93. The molecule has 0 rings (SSSR count). The van der Waals surface area contributed by atoms with Gasteiger partial charge in [0, 0.05) is 17.7 Å². The molecule has 0 spiro atoms. The SMILES string of the molecule is CCC(CC)(CNC(=O)CCC(=O)OC(C)(C)C)SC. The minimum Gasteiger partial charge on any atom is -0.460 e. The lowest BCUT2D eigenvalue weighted by Crippen LogP contribution is -2.39. The number of amides is 1. The van der Waals surface area contributed by atoms with Crippen LogP contribution in [-0.2, 0) is 14.3 Å². The summed E-state index contributed by atoms with van der Waals surface area (Å²) in [6.45, 7) is 10.4. The first-order chi connectivity index (χ1) is 9.18. The normalized spacial score (nSPS) is 12.1. The molecule has 1 N–H and O–H groups in total. The van der Waals surface area contributed by atoms with Crippen molar-refractivity contribution in [3.63, 3.8) is 0 Å². The third-order valence-corrected chi connectivity index (χ3v) is 4.89. The first-order valence-corrected chi connectivity index (χ1v) is 8.44. The van der Waals surface area contributed by atoms with E-state index < -0.39 is 5.60 Å². The predicted octanol–water partition coefficient (Wildman–Crippen LogP) is 3.15. The summed E-state index contributed by atoms with van der Waals surface area (Å²) in [6, 6.07) is 0. The van der Waals surface area contributed by atoms with Gasteiger partial charge in [0.05, 0.1) is 6.42 Å². The van der Waals surface area contributed by atoms with Crippen LogP contribution in [0.4, 0.5) is 0 Å². The van der Waals surface area contributed by atoms with Crippen molar-refractivity contribution in [3.05, 3.63) is 0 Å². The molecule has 0 aromatic heterocycles. The Morgan fingerprint density at radius 3 is 2.05 bits per heavy atom. The molecule has 0 aliphatic carbocycles. The number of carbonyl (C=O) groups excluding carboxylic acids is 2. The molecule has 0 aromatic rings. The van der Waals surface area contributed by atoms with Gasteiger partial charge in [-0.1, -0.05) is 13.8 Å². The summed E-state index contributed by atoms with van der Waals surface area (Å²) < 4.78 is 5.27. The topological polar surface area (TPSA) is 55.4 Å². The van der Waals surface area contributed by atoms with E-state index in [9.17, 15) is 9.59 Å². The number of ether oxygens (including phenoxy) is 1. The molecule has 0 heterocycles. The molecule has 1 amide bonds. The Balaban J connectivity index is 4.10. The lowest BCUT2D eigenvalue weighted by Gasteiger charge is -2.29. The van der Waals surface area contributed by atoms with E-state index in [1.165, 1.54) is 0 Å². The van der Waals surface area contributed by atoms with Gasteiger partial charge >= 0.3 is 5.97 Å². The largest absolute Gasteiger partial charge is 0.460 e. The maximum Gasteiger partial charge on any atom is 0.306 e. The summed E-state index contributed by atoms with van der Waals surface area (Å²) in [5.41, 5.74) is -0.494. The number of thioether (sulfide) groups is 1. The summed E-state index contributed by atoms with van der Waals surface area (Å²) in [7, 11) is 0. The molecule has 0 bridgehead atoms. The fourth-order valence-corrected chi connectivity index (χ4v) is 2.61. The number of nitrogens with one attached hydrogen (secondary N) is 1. The molecule has 0 aromatic carbocycles. The first-order valence-electron chi connectivity index (χ1n) is 7.21. The molecule has 5 heteroatoms.